The van der Waals surface area contributed by atoms with Crippen molar-refractivity contribution in [3.63, 3.8) is 0 Å². The Morgan fingerprint density at radius 1 is 1.15 bits per heavy atom. The first-order valence-corrected chi connectivity index (χ1v) is 8.95. The standard InChI is InChI=1S/C20H21ClN2O3/c1-12-11-15(21)5-10-18(12)26-13(2)19(24)22-16-6-3-14(4-7-16)20(25)23-17-8-9-17/h3-7,10-11,13,17H,8-9H2,1-2H3,(H,22,24)(H,23,25)/t13-/m1/s1. The van der Waals surface area contributed by atoms with Crippen LogP contribution in [0.5, 0.6) is 5.75 Å². The minimum Gasteiger partial charge on any atom is -0.481 e. The number of benzene rings is 2. The molecule has 2 amide bonds. The second-order valence-electron chi connectivity index (χ2n) is 6.48. The van der Waals surface area contributed by atoms with Crippen LogP contribution in [0.25, 0.3) is 0 Å². The van der Waals surface area contributed by atoms with Gasteiger partial charge in [0, 0.05) is 22.3 Å². The van der Waals surface area contributed by atoms with Crippen LogP contribution >= 0.6 is 11.6 Å². The molecule has 3 rings (SSSR count). The van der Waals surface area contributed by atoms with Crippen LogP contribution in [0, 0.1) is 6.92 Å². The van der Waals surface area contributed by atoms with Crippen molar-refractivity contribution in [1.29, 1.82) is 0 Å². The fourth-order valence-corrected chi connectivity index (χ4v) is 2.66. The first kappa shape index (κ1) is 18.3. The minimum atomic E-state index is -0.673. The molecule has 0 unspecified atom stereocenters. The Hall–Kier alpha value is -2.53. The van der Waals surface area contributed by atoms with Crippen LogP contribution in [0.15, 0.2) is 42.5 Å². The number of anilines is 1. The predicted molar refractivity (Wildman–Crippen MR) is 102 cm³/mol. The molecule has 5 nitrogen and oxygen atoms in total. The lowest BCUT2D eigenvalue weighted by molar-refractivity contribution is -0.122. The normalized spacial score (nSPS) is 14.4. The second-order valence-corrected chi connectivity index (χ2v) is 6.92. The largest absolute Gasteiger partial charge is 0.481 e. The van der Waals surface area contributed by atoms with Gasteiger partial charge in [-0.1, -0.05) is 11.6 Å². The van der Waals surface area contributed by atoms with Crippen molar-refractivity contribution in [2.45, 2.75) is 38.8 Å². The lowest BCUT2D eigenvalue weighted by Gasteiger charge is -2.16. The number of hydrogen-bond donors (Lipinski definition) is 2. The van der Waals surface area contributed by atoms with E-state index < -0.39 is 6.10 Å². The summed E-state index contributed by atoms with van der Waals surface area (Å²) in [5.41, 5.74) is 2.06. The average Bonchev–Trinajstić information content (AvgIpc) is 3.41. The lowest BCUT2D eigenvalue weighted by atomic mass is 10.2. The van der Waals surface area contributed by atoms with Gasteiger partial charge >= 0.3 is 0 Å². The number of halogens is 1. The number of nitrogens with one attached hydrogen (secondary N) is 2. The molecular weight excluding hydrogens is 352 g/mol. The maximum Gasteiger partial charge on any atom is 0.265 e. The average molecular weight is 373 g/mol. The molecule has 26 heavy (non-hydrogen) atoms. The number of carbonyl (C=O) groups excluding carboxylic acids is 2. The summed E-state index contributed by atoms with van der Waals surface area (Å²) in [5, 5.41) is 6.34. The molecule has 1 saturated carbocycles. The summed E-state index contributed by atoms with van der Waals surface area (Å²) in [6.07, 6.45) is 1.42. The summed E-state index contributed by atoms with van der Waals surface area (Å²) in [5.74, 6) is 0.263. The zero-order valence-corrected chi connectivity index (χ0v) is 15.5. The number of ether oxygens (including phenoxy) is 1. The second kappa shape index (κ2) is 7.79. The van der Waals surface area contributed by atoms with Crippen molar-refractivity contribution in [2.75, 3.05) is 5.32 Å². The van der Waals surface area contributed by atoms with Gasteiger partial charge in [-0.25, -0.2) is 0 Å². The Morgan fingerprint density at radius 2 is 1.85 bits per heavy atom. The number of carbonyl (C=O) groups is 2. The van der Waals surface area contributed by atoms with Crippen molar-refractivity contribution in [2.24, 2.45) is 0 Å². The van der Waals surface area contributed by atoms with E-state index in [1.807, 2.05) is 6.92 Å². The van der Waals surface area contributed by atoms with Crippen LogP contribution in [0.4, 0.5) is 5.69 Å². The minimum absolute atomic E-state index is 0.0831. The number of rotatable bonds is 6. The van der Waals surface area contributed by atoms with E-state index in [2.05, 4.69) is 10.6 Å². The Kier molecular flexibility index (Phi) is 5.47. The van der Waals surface area contributed by atoms with Crippen molar-refractivity contribution in [3.8, 4) is 5.75 Å². The van der Waals surface area contributed by atoms with Crippen LogP contribution in [0.1, 0.15) is 35.7 Å². The van der Waals surface area contributed by atoms with Crippen LogP contribution < -0.4 is 15.4 Å². The summed E-state index contributed by atoms with van der Waals surface area (Å²) < 4.78 is 5.71. The Balaban J connectivity index is 1.57. The summed E-state index contributed by atoms with van der Waals surface area (Å²) in [6.45, 7) is 3.55. The maximum atomic E-state index is 12.3. The molecule has 0 aromatic heterocycles. The first-order chi connectivity index (χ1) is 12.4. The zero-order valence-electron chi connectivity index (χ0n) is 14.7. The molecule has 1 fully saturated rings. The third-order valence-electron chi connectivity index (χ3n) is 4.14. The van der Waals surface area contributed by atoms with Crippen LogP contribution in [-0.4, -0.2) is 24.0 Å². The highest BCUT2D eigenvalue weighted by Gasteiger charge is 2.23. The molecule has 1 aliphatic carbocycles. The van der Waals surface area contributed by atoms with E-state index in [1.54, 1.807) is 49.4 Å². The molecule has 0 spiro atoms. The van der Waals surface area contributed by atoms with E-state index >= 15 is 0 Å². The van der Waals surface area contributed by atoms with Gasteiger partial charge < -0.3 is 15.4 Å². The molecule has 0 radical (unpaired) electrons. The third kappa shape index (κ3) is 4.76. The maximum absolute atomic E-state index is 12.3. The van der Waals surface area contributed by atoms with Crippen molar-refractivity contribution < 1.29 is 14.3 Å². The fourth-order valence-electron chi connectivity index (χ4n) is 2.43. The smallest absolute Gasteiger partial charge is 0.265 e. The van der Waals surface area contributed by atoms with Gasteiger partial charge in [-0.2, -0.15) is 0 Å². The van der Waals surface area contributed by atoms with E-state index in [4.69, 9.17) is 16.3 Å². The Labute approximate surface area is 157 Å². The van der Waals surface area contributed by atoms with E-state index in [-0.39, 0.29) is 11.8 Å². The number of amides is 2. The van der Waals surface area contributed by atoms with Gasteiger partial charge in [0.05, 0.1) is 0 Å². The van der Waals surface area contributed by atoms with E-state index in [9.17, 15) is 9.59 Å². The third-order valence-corrected chi connectivity index (χ3v) is 4.37. The van der Waals surface area contributed by atoms with Crippen LogP contribution in [0.3, 0.4) is 0 Å². The molecule has 2 N–H and O–H groups in total. The molecule has 0 saturated heterocycles. The fraction of sp³-hybridized carbons (Fsp3) is 0.300. The highest BCUT2D eigenvalue weighted by molar-refractivity contribution is 6.30. The predicted octanol–water partition coefficient (Wildman–Crippen LogP) is 3.95. The van der Waals surface area contributed by atoms with Gasteiger partial charge in [0.2, 0.25) is 0 Å². The first-order valence-electron chi connectivity index (χ1n) is 8.57. The molecule has 1 atom stereocenters. The Bertz CT molecular complexity index is 816. The molecule has 0 heterocycles. The van der Waals surface area contributed by atoms with Crippen molar-refractivity contribution >= 4 is 29.1 Å². The van der Waals surface area contributed by atoms with E-state index in [0.29, 0.717) is 28.1 Å². The summed E-state index contributed by atoms with van der Waals surface area (Å²) in [6, 6.07) is 12.4. The van der Waals surface area contributed by atoms with Gasteiger partial charge in [-0.3, -0.25) is 9.59 Å². The summed E-state index contributed by atoms with van der Waals surface area (Å²) in [4.78, 5) is 24.3. The van der Waals surface area contributed by atoms with Gasteiger partial charge in [0.1, 0.15) is 5.75 Å². The molecule has 0 aliphatic heterocycles. The summed E-state index contributed by atoms with van der Waals surface area (Å²) >= 11 is 5.93. The zero-order chi connectivity index (χ0) is 18.7. The molecule has 136 valence electrons. The van der Waals surface area contributed by atoms with Gasteiger partial charge in [-0.05, 0) is 74.7 Å². The topological polar surface area (TPSA) is 67.4 Å². The van der Waals surface area contributed by atoms with Crippen LogP contribution in [0.2, 0.25) is 5.02 Å². The van der Waals surface area contributed by atoms with Gasteiger partial charge in [-0.15, -0.1) is 0 Å². The monoisotopic (exact) mass is 372 g/mol. The van der Waals surface area contributed by atoms with Gasteiger partial charge in [0.25, 0.3) is 11.8 Å². The van der Waals surface area contributed by atoms with Crippen molar-refractivity contribution in [3.05, 3.63) is 58.6 Å². The highest BCUT2D eigenvalue weighted by Crippen LogP contribution is 2.23. The molecule has 6 heteroatoms. The molecule has 0 bridgehead atoms. The highest BCUT2D eigenvalue weighted by atomic mass is 35.5. The molecular formula is C20H21ClN2O3. The molecule has 1 aliphatic rings. The number of aryl methyl sites for hydroxylation is 1. The quantitative estimate of drug-likeness (QED) is 0.806. The van der Waals surface area contributed by atoms with E-state index in [0.717, 1.165) is 18.4 Å². The molecule has 2 aromatic rings. The van der Waals surface area contributed by atoms with Crippen molar-refractivity contribution in [1.82, 2.24) is 5.32 Å². The Morgan fingerprint density at radius 3 is 2.46 bits per heavy atom. The SMILES string of the molecule is Cc1cc(Cl)ccc1O[C@H](C)C(=O)Nc1ccc(C(=O)NC2CC2)cc1. The number of hydrogen-bond acceptors (Lipinski definition) is 3. The lowest BCUT2D eigenvalue weighted by Crippen LogP contribution is -2.30. The molecule has 2 aromatic carbocycles. The van der Waals surface area contributed by atoms with Gasteiger partial charge in [0.15, 0.2) is 6.10 Å². The van der Waals surface area contributed by atoms with E-state index in [1.165, 1.54) is 0 Å². The summed E-state index contributed by atoms with van der Waals surface area (Å²) in [7, 11) is 0. The van der Waals surface area contributed by atoms with Crippen LogP contribution in [-0.2, 0) is 4.79 Å².